The molecule has 5 nitrogen and oxygen atoms in total. The van der Waals surface area contributed by atoms with E-state index in [2.05, 4.69) is 4.52 Å². The van der Waals surface area contributed by atoms with E-state index in [0.29, 0.717) is 0 Å². The largest absolute Gasteiger partial charge is 0.469 e. The lowest BCUT2D eigenvalue weighted by atomic mass is 10.4. The highest BCUT2D eigenvalue weighted by Crippen LogP contribution is 2.37. The molecule has 0 bridgehead atoms. The molecule has 0 aliphatic rings. The minimum Gasteiger partial charge on any atom is -0.328 e. The summed E-state index contributed by atoms with van der Waals surface area (Å²) in [5.41, 5.74) is 4.72. The van der Waals surface area contributed by atoms with Gasteiger partial charge in [-0.25, -0.2) is 4.57 Å². The molecule has 0 saturated carbocycles. The molecule has 56 valence electrons. The maximum Gasteiger partial charge on any atom is 0.469 e. The van der Waals surface area contributed by atoms with E-state index in [0.717, 1.165) is 0 Å². The number of hydrogen-bond acceptors (Lipinski definition) is 3. The smallest absolute Gasteiger partial charge is 0.328 e. The van der Waals surface area contributed by atoms with Crippen LogP contribution in [0.5, 0.6) is 0 Å². The Labute approximate surface area is 61.5 Å². The third-order valence-electron chi connectivity index (χ3n) is 0.341. The van der Waals surface area contributed by atoms with Gasteiger partial charge in [0.1, 0.15) is 0 Å². The van der Waals surface area contributed by atoms with Crippen molar-refractivity contribution in [3.05, 3.63) is 0 Å². The predicted molar refractivity (Wildman–Crippen MR) is 31.6 cm³/mol. The first-order valence-electron chi connectivity index (χ1n) is 4.76. The summed E-state index contributed by atoms with van der Waals surface area (Å²) in [6.07, 6.45) is -3.54. The lowest BCUT2D eigenvalue weighted by Gasteiger charge is -2.09. The second-order valence-corrected chi connectivity index (χ2v) is 2.22. The molecule has 4 N–H and O–H groups in total. The van der Waals surface area contributed by atoms with Crippen LogP contribution in [-0.4, -0.2) is 22.4 Å². The molecule has 0 spiro atoms. The molecule has 6 heteroatoms. The van der Waals surface area contributed by atoms with E-state index in [1.807, 2.05) is 0 Å². The second kappa shape index (κ2) is 3.29. The van der Waals surface area contributed by atoms with Gasteiger partial charge >= 0.3 is 7.82 Å². The molecule has 0 saturated heterocycles. The molecule has 0 aromatic rings. The van der Waals surface area contributed by atoms with Crippen molar-refractivity contribution < 1.29 is 27.1 Å². The van der Waals surface area contributed by atoms with Gasteiger partial charge in [-0.2, -0.15) is 0 Å². The Kier molecular flexibility index (Phi) is 1.09. The maximum atomic E-state index is 10.4. The van der Waals surface area contributed by atoms with Crippen LogP contribution in [-0.2, 0) is 9.09 Å². The van der Waals surface area contributed by atoms with Crippen molar-refractivity contribution in [1.82, 2.24) is 0 Å². The van der Waals surface area contributed by atoms with E-state index in [4.69, 9.17) is 23.7 Å². The van der Waals surface area contributed by atoms with Crippen LogP contribution in [0.15, 0.2) is 0 Å². The highest BCUT2D eigenvalue weighted by Gasteiger charge is 2.16. The number of hydrogen-bond donors (Lipinski definition) is 3. The molecule has 0 aliphatic carbocycles. The first kappa shape index (κ1) is 2.98. The number of phosphoric ester groups is 1. The molecular weight excluding hydrogens is 145 g/mol. The van der Waals surface area contributed by atoms with Gasteiger partial charge < -0.3 is 15.5 Å². The quantitative estimate of drug-likeness (QED) is 0.482. The summed E-state index contributed by atoms with van der Waals surface area (Å²) >= 11 is 0. The lowest BCUT2D eigenvalue weighted by Crippen LogP contribution is -2.18. The highest BCUT2D eigenvalue weighted by molar-refractivity contribution is 7.46. The predicted octanol–water partition coefficient (Wildman–Crippen LogP) is -0.557. The van der Waals surface area contributed by atoms with Gasteiger partial charge in [0, 0.05) is 13.4 Å². The normalized spacial score (nSPS) is 31.9. The fraction of sp³-hybridized carbons (Fsp3) is 1.00. The monoisotopic (exact) mass is 161 g/mol. The van der Waals surface area contributed by atoms with E-state index in [1.165, 1.54) is 0 Å². The molecule has 1 unspecified atom stereocenters. The Morgan fingerprint density at radius 3 is 2.89 bits per heavy atom. The first-order chi connectivity index (χ1) is 6.21. The maximum absolute atomic E-state index is 10.4. The van der Waals surface area contributed by atoms with Crippen LogP contribution in [0.4, 0.5) is 0 Å². The van der Waals surface area contributed by atoms with Gasteiger partial charge in [0.15, 0.2) is 0 Å². The summed E-state index contributed by atoms with van der Waals surface area (Å²) in [5.74, 6) is 0. The fourth-order valence-electron chi connectivity index (χ4n) is 0.145. The van der Waals surface area contributed by atoms with Crippen LogP contribution in [0.2, 0.25) is 0 Å². The van der Waals surface area contributed by atoms with Gasteiger partial charge in [-0.05, 0) is 6.85 Å². The molecule has 9 heavy (non-hydrogen) atoms. The topological polar surface area (TPSA) is 92.8 Å². The molecular formula is C3H10NO4P. The van der Waals surface area contributed by atoms with Crippen molar-refractivity contribution in [2.24, 2.45) is 5.73 Å². The van der Waals surface area contributed by atoms with E-state index in [9.17, 15) is 4.57 Å². The highest BCUT2D eigenvalue weighted by atomic mass is 31.2. The van der Waals surface area contributed by atoms with Crippen molar-refractivity contribution in [3.63, 3.8) is 0 Å². The Hall–Kier alpha value is 0.0700. The lowest BCUT2D eigenvalue weighted by molar-refractivity contribution is 0.149. The Balaban J connectivity index is 5.35. The molecule has 1 atom stereocenters. The van der Waals surface area contributed by atoms with Crippen LogP contribution < -0.4 is 5.73 Å². The Morgan fingerprint density at radius 2 is 2.78 bits per heavy atom. The molecule has 0 heterocycles. The molecule has 0 fully saturated rings. The van der Waals surface area contributed by atoms with Gasteiger partial charge in [0.2, 0.25) is 0 Å². The van der Waals surface area contributed by atoms with Crippen molar-refractivity contribution >= 4 is 7.82 Å². The number of nitrogens with two attached hydrogens (primary N) is 1. The SMILES string of the molecule is [2H]C([2H])([2H])C([2H])(OP(=O)(O)O)C([2H])([2H])N. The molecule has 0 amide bonds. The van der Waals surface area contributed by atoms with Crippen molar-refractivity contribution in [3.8, 4) is 0 Å². The van der Waals surface area contributed by atoms with E-state index >= 15 is 0 Å². The van der Waals surface area contributed by atoms with Crippen molar-refractivity contribution in [1.29, 1.82) is 0 Å². The average molecular weight is 161 g/mol. The summed E-state index contributed by atoms with van der Waals surface area (Å²) in [4.78, 5) is 16.8. The summed E-state index contributed by atoms with van der Waals surface area (Å²) < 4.78 is 55.2. The molecule has 0 rings (SSSR count). The zero-order chi connectivity index (χ0) is 12.7. The third-order valence-corrected chi connectivity index (χ3v) is 0.762. The van der Waals surface area contributed by atoms with Crippen molar-refractivity contribution in [2.75, 3.05) is 6.50 Å². The van der Waals surface area contributed by atoms with E-state index < -0.39 is 27.3 Å². The van der Waals surface area contributed by atoms with Crippen LogP contribution >= 0.6 is 7.82 Å². The van der Waals surface area contributed by atoms with Crippen LogP contribution in [0, 0.1) is 0 Å². The van der Waals surface area contributed by atoms with Gasteiger partial charge in [0.25, 0.3) is 0 Å². The minimum atomic E-state index is -5.35. The van der Waals surface area contributed by atoms with Gasteiger partial charge in [-0.1, -0.05) is 0 Å². The van der Waals surface area contributed by atoms with Gasteiger partial charge in [-0.15, -0.1) is 0 Å². The zero-order valence-corrected chi connectivity index (χ0v) is 5.13. The first-order valence-corrected chi connectivity index (χ1v) is 3.29. The Morgan fingerprint density at radius 1 is 2.22 bits per heavy atom. The average Bonchev–Trinajstić information content (AvgIpc) is 1.77. The fourth-order valence-corrected chi connectivity index (χ4v) is 0.436. The second-order valence-electron chi connectivity index (χ2n) is 1.06. The summed E-state index contributed by atoms with van der Waals surface area (Å²) in [7, 11) is -5.35. The zero-order valence-electron chi connectivity index (χ0n) is 10.2. The van der Waals surface area contributed by atoms with Gasteiger partial charge in [0.05, 0.1) is 7.45 Å². The number of phosphoric acid groups is 1. The Bertz CT molecular complexity index is 265. The van der Waals surface area contributed by atoms with Crippen LogP contribution in [0.1, 0.15) is 15.1 Å². The number of rotatable bonds is 3. The van der Waals surface area contributed by atoms with Crippen LogP contribution in [0.25, 0.3) is 0 Å². The summed E-state index contributed by atoms with van der Waals surface area (Å²) in [6.45, 7) is -6.72. The molecule has 0 radical (unpaired) electrons. The third kappa shape index (κ3) is 5.95. The molecule has 0 aromatic heterocycles. The molecule has 0 aromatic carbocycles. The van der Waals surface area contributed by atoms with Crippen molar-refractivity contribution in [2.45, 2.75) is 12.9 Å². The van der Waals surface area contributed by atoms with E-state index in [1.54, 1.807) is 0 Å². The summed E-state index contributed by atoms with van der Waals surface area (Å²) in [5, 5.41) is 0. The minimum absolute atomic E-state index is 3.26. The summed E-state index contributed by atoms with van der Waals surface area (Å²) in [6, 6.07) is 0. The van der Waals surface area contributed by atoms with E-state index in [-0.39, 0.29) is 0 Å². The van der Waals surface area contributed by atoms with Crippen LogP contribution in [0.3, 0.4) is 0 Å². The standard InChI is InChI=1S/C3H10NO4P/c1-3(2-4)8-9(5,6)7/h3H,2,4H2,1H3,(H2,5,6,7)/i1D3,2D2,3D. The van der Waals surface area contributed by atoms with Gasteiger partial charge in [-0.3, -0.25) is 4.52 Å². The molecule has 0 aliphatic heterocycles.